The topological polar surface area (TPSA) is 60.4 Å². The van der Waals surface area contributed by atoms with Gasteiger partial charge in [-0.2, -0.15) is 0 Å². The second-order valence-corrected chi connectivity index (χ2v) is 5.09. The third-order valence-electron chi connectivity index (χ3n) is 4.40. The van der Waals surface area contributed by atoms with Gasteiger partial charge in [0.1, 0.15) is 5.78 Å². The molecule has 1 heterocycles. The maximum atomic E-state index is 11.9. The zero-order chi connectivity index (χ0) is 10.8. The summed E-state index contributed by atoms with van der Waals surface area (Å²) < 4.78 is 4.67. The number of esters is 2. The zero-order valence-corrected chi connectivity index (χ0v) is 8.49. The Morgan fingerprint density at radius 1 is 1.27 bits per heavy atom. The summed E-state index contributed by atoms with van der Waals surface area (Å²) >= 11 is 0. The lowest BCUT2D eigenvalue weighted by atomic mass is 9.51. The van der Waals surface area contributed by atoms with Gasteiger partial charge in [0, 0.05) is 11.8 Å². The van der Waals surface area contributed by atoms with E-state index in [4.69, 9.17) is 0 Å². The lowest BCUT2D eigenvalue weighted by Crippen LogP contribution is -2.53. The quantitative estimate of drug-likeness (QED) is 0.434. The van der Waals surface area contributed by atoms with Crippen LogP contribution in [0.4, 0.5) is 0 Å². The highest BCUT2D eigenvalue weighted by atomic mass is 16.6. The predicted octanol–water partition coefficient (Wildman–Crippen LogP) is 0.691. The normalized spacial score (nSPS) is 48.1. The van der Waals surface area contributed by atoms with Gasteiger partial charge >= 0.3 is 11.9 Å². The van der Waals surface area contributed by atoms with Crippen LogP contribution in [-0.4, -0.2) is 17.7 Å². The smallest absolute Gasteiger partial charge is 0.318 e. The molecule has 4 rings (SSSR count). The molecule has 0 N–H and O–H groups in total. The summed E-state index contributed by atoms with van der Waals surface area (Å²) in [6.45, 7) is 1.81. The highest BCUT2D eigenvalue weighted by molar-refractivity contribution is 6.03. The standard InChI is InChI=1S/C11H12O4/c1-11-3-2-5(4-6(11)12)7-8(11)10(14)15-9(7)13/h5,7-8H,2-4H2,1H3/t5-,7+,8-,11+/m0/s1. The molecule has 80 valence electrons. The van der Waals surface area contributed by atoms with Gasteiger partial charge in [0.2, 0.25) is 0 Å². The number of fused-ring (bicyclic) bond motifs is 2. The van der Waals surface area contributed by atoms with E-state index in [1.807, 2.05) is 6.92 Å². The van der Waals surface area contributed by atoms with E-state index in [0.717, 1.165) is 12.8 Å². The SMILES string of the molecule is C[C@@]12CC[C@@H](CC1=O)[C@H]1C(=O)OC(=O)[C@H]12. The minimum absolute atomic E-state index is 0.0447. The molecule has 3 aliphatic carbocycles. The molecule has 0 amide bonds. The van der Waals surface area contributed by atoms with E-state index in [2.05, 4.69) is 4.74 Å². The fourth-order valence-corrected chi connectivity index (χ4v) is 3.47. The maximum Gasteiger partial charge on any atom is 0.318 e. The Kier molecular flexibility index (Phi) is 1.50. The molecular formula is C11H12O4. The van der Waals surface area contributed by atoms with Crippen molar-refractivity contribution in [3.05, 3.63) is 0 Å². The molecule has 0 aromatic rings. The van der Waals surface area contributed by atoms with Gasteiger partial charge < -0.3 is 4.74 Å². The molecular weight excluding hydrogens is 196 g/mol. The van der Waals surface area contributed by atoms with Crippen molar-refractivity contribution >= 4 is 17.7 Å². The number of hydrogen-bond acceptors (Lipinski definition) is 4. The van der Waals surface area contributed by atoms with Crippen LogP contribution in [0.25, 0.3) is 0 Å². The van der Waals surface area contributed by atoms with Crippen molar-refractivity contribution in [3.8, 4) is 0 Å². The molecule has 4 heteroatoms. The van der Waals surface area contributed by atoms with Crippen molar-refractivity contribution in [1.29, 1.82) is 0 Å². The molecule has 15 heavy (non-hydrogen) atoms. The number of carbonyl (C=O) groups is 3. The van der Waals surface area contributed by atoms with Crippen LogP contribution in [0.5, 0.6) is 0 Å². The lowest BCUT2D eigenvalue weighted by molar-refractivity contribution is -0.157. The van der Waals surface area contributed by atoms with Crippen LogP contribution in [0.3, 0.4) is 0 Å². The Labute approximate surface area is 87.0 Å². The number of rotatable bonds is 0. The van der Waals surface area contributed by atoms with Crippen molar-refractivity contribution in [2.24, 2.45) is 23.2 Å². The molecule has 1 saturated heterocycles. The minimum atomic E-state index is -0.636. The molecule has 1 aliphatic heterocycles. The Bertz CT molecular complexity index is 386. The van der Waals surface area contributed by atoms with Crippen LogP contribution >= 0.6 is 0 Å². The van der Waals surface area contributed by atoms with Gasteiger partial charge in [-0.25, -0.2) is 0 Å². The second-order valence-electron chi connectivity index (χ2n) is 5.09. The van der Waals surface area contributed by atoms with Crippen molar-refractivity contribution in [3.63, 3.8) is 0 Å². The van der Waals surface area contributed by atoms with E-state index in [-0.39, 0.29) is 17.6 Å². The summed E-state index contributed by atoms with van der Waals surface area (Å²) in [7, 11) is 0. The van der Waals surface area contributed by atoms with Gasteiger partial charge in [-0.3, -0.25) is 14.4 Å². The Morgan fingerprint density at radius 2 is 2.00 bits per heavy atom. The first kappa shape index (κ1) is 9.07. The summed E-state index contributed by atoms with van der Waals surface area (Å²) in [5.74, 6) is -1.55. The van der Waals surface area contributed by atoms with E-state index >= 15 is 0 Å². The van der Waals surface area contributed by atoms with E-state index in [1.54, 1.807) is 0 Å². The molecule has 2 bridgehead atoms. The Hall–Kier alpha value is -1.19. The average molecular weight is 208 g/mol. The van der Waals surface area contributed by atoms with Crippen LogP contribution in [0.1, 0.15) is 26.2 Å². The summed E-state index contributed by atoms with van der Waals surface area (Å²) in [6, 6.07) is 0. The van der Waals surface area contributed by atoms with Crippen molar-refractivity contribution in [2.45, 2.75) is 26.2 Å². The summed E-state index contributed by atoms with van der Waals surface area (Å²) in [5, 5.41) is 0. The lowest BCUT2D eigenvalue weighted by Gasteiger charge is -2.47. The van der Waals surface area contributed by atoms with E-state index in [1.165, 1.54) is 0 Å². The van der Waals surface area contributed by atoms with Gasteiger partial charge in [0.15, 0.2) is 0 Å². The number of ketones is 1. The van der Waals surface area contributed by atoms with Gasteiger partial charge in [-0.15, -0.1) is 0 Å². The first-order chi connectivity index (χ1) is 7.04. The molecule has 4 aliphatic rings. The fourth-order valence-electron chi connectivity index (χ4n) is 3.47. The third-order valence-corrected chi connectivity index (χ3v) is 4.40. The van der Waals surface area contributed by atoms with E-state index in [9.17, 15) is 14.4 Å². The first-order valence-electron chi connectivity index (χ1n) is 5.33. The number of hydrogen-bond donors (Lipinski definition) is 0. The molecule has 0 unspecified atom stereocenters. The Balaban J connectivity index is 2.12. The molecule has 4 atom stereocenters. The van der Waals surface area contributed by atoms with Gasteiger partial charge in [-0.05, 0) is 18.8 Å². The predicted molar refractivity (Wildman–Crippen MR) is 48.5 cm³/mol. The van der Waals surface area contributed by atoms with Crippen molar-refractivity contribution in [2.75, 3.05) is 0 Å². The molecule has 3 saturated carbocycles. The van der Waals surface area contributed by atoms with Gasteiger partial charge in [0.25, 0.3) is 0 Å². The summed E-state index contributed by atoms with van der Waals surface area (Å²) in [5.41, 5.74) is -0.636. The number of Topliss-reactive ketones (excluding diaryl/α,β-unsaturated/α-hetero) is 1. The minimum Gasteiger partial charge on any atom is -0.393 e. The van der Waals surface area contributed by atoms with Gasteiger partial charge in [-0.1, -0.05) is 6.92 Å². The Morgan fingerprint density at radius 3 is 2.67 bits per heavy atom. The van der Waals surface area contributed by atoms with Gasteiger partial charge in [0.05, 0.1) is 11.8 Å². The van der Waals surface area contributed by atoms with Crippen LogP contribution in [-0.2, 0) is 19.1 Å². The molecule has 0 radical (unpaired) electrons. The number of cyclic esters (lactones) is 2. The zero-order valence-electron chi connectivity index (χ0n) is 8.49. The highest BCUT2D eigenvalue weighted by Crippen LogP contribution is 2.57. The van der Waals surface area contributed by atoms with Crippen LogP contribution < -0.4 is 0 Å². The highest BCUT2D eigenvalue weighted by Gasteiger charge is 2.65. The number of carbonyl (C=O) groups excluding carboxylic acids is 3. The first-order valence-corrected chi connectivity index (χ1v) is 5.33. The van der Waals surface area contributed by atoms with E-state index < -0.39 is 23.3 Å². The molecule has 0 aromatic heterocycles. The molecule has 4 fully saturated rings. The average Bonchev–Trinajstić information content (AvgIpc) is 2.47. The summed E-state index contributed by atoms with van der Waals surface area (Å²) in [6.07, 6.45) is 2.03. The monoisotopic (exact) mass is 208 g/mol. The molecule has 0 aromatic carbocycles. The second kappa shape index (κ2) is 2.49. The van der Waals surface area contributed by atoms with Crippen LogP contribution in [0, 0.1) is 23.2 Å². The summed E-state index contributed by atoms with van der Waals surface area (Å²) in [4.78, 5) is 34.9. The molecule has 4 nitrogen and oxygen atoms in total. The third kappa shape index (κ3) is 0.899. The van der Waals surface area contributed by atoms with E-state index in [0.29, 0.717) is 6.42 Å². The fraction of sp³-hybridized carbons (Fsp3) is 0.727. The van der Waals surface area contributed by atoms with Crippen LogP contribution in [0.2, 0.25) is 0 Å². The number of ether oxygens (including phenoxy) is 1. The molecule has 0 spiro atoms. The van der Waals surface area contributed by atoms with Crippen molar-refractivity contribution < 1.29 is 19.1 Å². The maximum absolute atomic E-state index is 11.9. The largest absolute Gasteiger partial charge is 0.393 e. The van der Waals surface area contributed by atoms with Crippen LogP contribution in [0.15, 0.2) is 0 Å². The van der Waals surface area contributed by atoms with Crippen molar-refractivity contribution in [1.82, 2.24) is 0 Å².